The predicted octanol–water partition coefficient (Wildman–Crippen LogP) is 1.35. The molecule has 0 unspecified atom stereocenters. The van der Waals surface area contributed by atoms with Crippen molar-refractivity contribution in [2.75, 3.05) is 14.2 Å². The molecule has 0 heterocycles. The Hall–Kier alpha value is -0.843. The third kappa shape index (κ3) is 1.97. The molecule has 0 spiro atoms. The molecule has 0 saturated heterocycles. The molecule has 3 nitrogen and oxygen atoms in total. The van der Waals surface area contributed by atoms with E-state index in [-0.39, 0.29) is 5.75 Å². The van der Waals surface area contributed by atoms with Crippen LogP contribution in [0.1, 0.15) is 6.92 Å². The molecule has 1 rings (SSSR count). The third-order valence-electron chi connectivity index (χ3n) is 2.43. The monoisotopic (exact) mass is 212 g/mol. The van der Waals surface area contributed by atoms with Crippen molar-refractivity contribution in [2.24, 2.45) is 0 Å². The van der Waals surface area contributed by atoms with E-state index in [1.165, 1.54) is 0 Å². The topological polar surface area (TPSA) is 38.7 Å². The summed E-state index contributed by atoms with van der Waals surface area (Å²) in [6, 6.07) is 7.89. The zero-order chi connectivity index (χ0) is 10.6. The van der Waals surface area contributed by atoms with Crippen LogP contribution in [0.5, 0.6) is 5.75 Å². The number of phenolic OH excluding ortho intramolecular Hbond substituents is 1. The van der Waals surface area contributed by atoms with E-state index in [1.54, 1.807) is 26.4 Å². The van der Waals surface area contributed by atoms with Crippen LogP contribution in [0.3, 0.4) is 0 Å². The van der Waals surface area contributed by atoms with Gasteiger partial charge in [0.1, 0.15) is 5.75 Å². The first-order chi connectivity index (χ1) is 6.68. The van der Waals surface area contributed by atoms with Gasteiger partial charge in [0, 0.05) is 14.2 Å². The van der Waals surface area contributed by atoms with Crippen LogP contribution in [0.15, 0.2) is 24.3 Å². The summed E-state index contributed by atoms with van der Waals surface area (Å²) in [5.74, 6) is 0.264. The molecule has 4 heteroatoms. The Balaban J connectivity index is 3.05. The quantitative estimate of drug-likeness (QED) is 0.766. The number of phenols is 1. The standard InChI is InChI=1S/C10H16O3Si/c1-4-14(12-2,13-3)10-7-5-9(11)6-8-10/h5-8,11H,4H2,1-3H3. The van der Waals surface area contributed by atoms with Crippen LogP contribution < -0.4 is 5.19 Å². The van der Waals surface area contributed by atoms with Gasteiger partial charge in [0.05, 0.1) is 0 Å². The van der Waals surface area contributed by atoms with E-state index < -0.39 is 8.56 Å². The van der Waals surface area contributed by atoms with E-state index in [0.717, 1.165) is 11.2 Å². The first-order valence-electron chi connectivity index (χ1n) is 4.58. The van der Waals surface area contributed by atoms with Gasteiger partial charge in [-0.3, -0.25) is 0 Å². The number of rotatable bonds is 4. The van der Waals surface area contributed by atoms with E-state index in [9.17, 15) is 5.11 Å². The van der Waals surface area contributed by atoms with Crippen LogP contribution in [0.2, 0.25) is 6.04 Å². The maximum Gasteiger partial charge on any atom is 0.371 e. The largest absolute Gasteiger partial charge is 0.508 e. The van der Waals surface area contributed by atoms with Gasteiger partial charge in [0.2, 0.25) is 0 Å². The Morgan fingerprint density at radius 2 is 1.64 bits per heavy atom. The van der Waals surface area contributed by atoms with Crippen molar-refractivity contribution >= 4 is 13.7 Å². The lowest BCUT2D eigenvalue weighted by Gasteiger charge is -2.26. The zero-order valence-electron chi connectivity index (χ0n) is 8.78. The summed E-state index contributed by atoms with van der Waals surface area (Å²) in [5, 5.41) is 10.2. The Morgan fingerprint density at radius 3 is 2.00 bits per heavy atom. The molecule has 1 aromatic carbocycles. The summed E-state index contributed by atoms with van der Waals surface area (Å²) < 4.78 is 11.0. The van der Waals surface area contributed by atoms with E-state index >= 15 is 0 Å². The Kier molecular flexibility index (Phi) is 3.68. The summed E-state index contributed by atoms with van der Waals surface area (Å²) >= 11 is 0. The second kappa shape index (κ2) is 4.59. The molecule has 0 saturated carbocycles. The van der Waals surface area contributed by atoms with Gasteiger partial charge in [-0.25, -0.2) is 0 Å². The minimum Gasteiger partial charge on any atom is -0.508 e. The SMILES string of the molecule is CC[Si](OC)(OC)c1ccc(O)cc1. The maximum absolute atomic E-state index is 9.17. The molecule has 0 aromatic heterocycles. The average Bonchev–Trinajstić information content (AvgIpc) is 2.24. The van der Waals surface area contributed by atoms with Crippen molar-refractivity contribution in [3.63, 3.8) is 0 Å². The molecular formula is C10H16O3Si. The summed E-state index contributed by atoms with van der Waals surface area (Å²) in [7, 11) is 1.12. The highest BCUT2D eigenvalue weighted by Gasteiger charge is 2.35. The average molecular weight is 212 g/mol. The van der Waals surface area contributed by atoms with E-state index in [1.807, 2.05) is 19.1 Å². The van der Waals surface area contributed by atoms with Gasteiger partial charge in [-0.1, -0.05) is 19.1 Å². The van der Waals surface area contributed by atoms with Crippen LogP contribution in [0.4, 0.5) is 0 Å². The Labute approximate surface area is 85.5 Å². The molecular weight excluding hydrogens is 196 g/mol. The first kappa shape index (κ1) is 11.2. The smallest absolute Gasteiger partial charge is 0.371 e. The molecule has 0 atom stereocenters. The molecule has 14 heavy (non-hydrogen) atoms. The second-order valence-corrected chi connectivity index (χ2v) is 6.67. The van der Waals surface area contributed by atoms with Crippen molar-refractivity contribution in [1.29, 1.82) is 0 Å². The normalized spacial score (nSPS) is 11.6. The number of benzene rings is 1. The van der Waals surface area contributed by atoms with Gasteiger partial charge in [-0.2, -0.15) is 0 Å². The molecule has 0 bridgehead atoms. The lowest BCUT2D eigenvalue weighted by Crippen LogP contribution is -2.51. The maximum atomic E-state index is 9.17. The Bertz CT molecular complexity index is 272. The van der Waals surface area contributed by atoms with Crippen molar-refractivity contribution in [2.45, 2.75) is 13.0 Å². The van der Waals surface area contributed by atoms with Gasteiger partial charge in [-0.05, 0) is 23.4 Å². The van der Waals surface area contributed by atoms with Gasteiger partial charge in [0.15, 0.2) is 0 Å². The summed E-state index contributed by atoms with van der Waals surface area (Å²) in [5.41, 5.74) is 0. The van der Waals surface area contributed by atoms with Crippen molar-refractivity contribution in [1.82, 2.24) is 0 Å². The van der Waals surface area contributed by atoms with E-state index in [4.69, 9.17) is 8.85 Å². The lowest BCUT2D eigenvalue weighted by molar-refractivity contribution is 0.259. The predicted molar refractivity (Wildman–Crippen MR) is 58.0 cm³/mol. The lowest BCUT2D eigenvalue weighted by atomic mass is 10.3. The number of hydrogen-bond donors (Lipinski definition) is 1. The second-order valence-electron chi connectivity index (χ2n) is 3.06. The van der Waals surface area contributed by atoms with Gasteiger partial charge in [0.25, 0.3) is 0 Å². The van der Waals surface area contributed by atoms with Crippen LogP contribution in [-0.4, -0.2) is 27.9 Å². The summed E-state index contributed by atoms with van der Waals surface area (Å²) in [4.78, 5) is 0. The molecule has 0 aliphatic heterocycles. The van der Waals surface area contributed by atoms with Crippen LogP contribution in [-0.2, 0) is 8.85 Å². The molecule has 1 aromatic rings. The minimum absolute atomic E-state index is 0.264. The van der Waals surface area contributed by atoms with Crippen LogP contribution >= 0.6 is 0 Å². The van der Waals surface area contributed by atoms with Crippen LogP contribution in [0.25, 0.3) is 0 Å². The van der Waals surface area contributed by atoms with E-state index in [2.05, 4.69) is 0 Å². The summed E-state index contributed by atoms with van der Waals surface area (Å²) in [6.07, 6.45) is 0. The highest BCUT2D eigenvalue weighted by atomic mass is 28.4. The molecule has 0 aliphatic rings. The fourth-order valence-corrected chi connectivity index (χ4v) is 3.83. The van der Waals surface area contributed by atoms with Crippen LogP contribution in [0, 0.1) is 0 Å². The van der Waals surface area contributed by atoms with Crippen molar-refractivity contribution < 1.29 is 14.0 Å². The van der Waals surface area contributed by atoms with Crippen molar-refractivity contribution in [3.8, 4) is 5.75 Å². The third-order valence-corrected chi connectivity index (χ3v) is 5.89. The number of aromatic hydroxyl groups is 1. The van der Waals surface area contributed by atoms with Crippen molar-refractivity contribution in [3.05, 3.63) is 24.3 Å². The van der Waals surface area contributed by atoms with Gasteiger partial charge < -0.3 is 14.0 Å². The highest BCUT2D eigenvalue weighted by Crippen LogP contribution is 2.13. The van der Waals surface area contributed by atoms with Gasteiger partial charge in [-0.15, -0.1) is 0 Å². The number of hydrogen-bond acceptors (Lipinski definition) is 3. The molecule has 0 aliphatic carbocycles. The van der Waals surface area contributed by atoms with E-state index in [0.29, 0.717) is 0 Å². The molecule has 0 amide bonds. The molecule has 78 valence electrons. The Morgan fingerprint density at radius 1 is 1.14 bits per heavy atom. The molecule has 0 radical (unpaired) electrons. The summed E-state index contributed by atoms with van der Waals surface area (Å²) in [6.45, 7) is 2.05. The highest BCUT2D eigenvalue weighted by molar-refractivity contribution is 6.81. The molecule has 0 fully saturated rings. The fourth-order valence-electron chi connectivity index (χ4n) is 1.53. The first-order valence-corrected chi connectivity index (χ1v) is 6.60. The fraction of sp³-hybridized carbons (Fsp3) is 0.400. The minimum atomic E-state index is -2.23. The molecule has 1 N–H and O–H groups in total. The van der Waals surface area contributed by atoms with Gasteiger partial charge >= 0.3 is 8.56 Å². The zero-order valence-corrected chi connectivity index (χ0v) is 9.78.